The zero-order chi connectivity index (χ0) is 29.7. The number of rotatable bonds is 8. The number of halogens is 3. The van der Waals surface area contributed by atoms with Crippen molar-refractivity contribution < 1.29 is 37.0 Å². The molecular formula is C31H33F3N2O5. The Balaban J connectivity index is 1.78. The molecule has 1 aliphatic heterocycles. The number of hydrogen-bond donors (Lipinski definition) is 0. The van der Waals surface area contributed by atoms with Crippen LogP contribution in [-0.4, -0.2) is 43.8 Å². The van der Waals surface area contributed by atoms with E-state index < -0.39 is 23.9 Å². The Morgan fingerprint density at radius 3 is 2.17 bits per heavy atom. The van der Waals surface area contributed by atoms with E-state index in [1.54, 1.807) is 28.9 Å². The normalized spacial score (nSPS) is 16.5. The van der Waals surface area contributed by atoms with E-state index in [1.165, 1.54) is 26.4 Å². The maximum atomic E-state index is 14.0. The molecule has 0 aliphatic carbocycles. The highest BCUT2D eigenvalue weighted by atomic mass is 19.4. The first kappa shape index (κ1) is 29.8. The molecule has 0 N–H and O–H groups in total. The molecule has 0 spiro atoms. The molecule has 0 radical (unpaired) electrons. The standard InChI is InChI=1S/C31H33F3N2O5/c1-5-41-30(38)36-20(2)15-25(24-17-27(39-3)28(40-4)18-26(24)36)35(19-22-9-7-6-8-10-22)29(37)16-21-11-13-23(14-12-21)31(32,33)34/h6-14,17-18,20,25H,5,15-16,19H2,1-4H3/t20-,25+/m0/s1. The number of ether oxygens (including phenoxy) is 3. The molecule has 218 valence electrons. The quantitative estimate of drug-likeness (QED) is 0.298. The molecule has 0 unspecified atom stereocenters. The van der Waals surface area contributed by atoms with E-state index in [4.69, 9.17) is 14.2 Å². The van der Waals surface area contributed by atoms with Crippen LogP contribution in [0.3, 0.4) is 0 Å². The van der Waals surface area contributed by atoms with Gasteiger partial charge in [0.2, 0.25) is 5.91 Å². The van der Waals surface area contributed by atoms with Gasteiger partial charge in [0.05, 0.1) is 44.5 Å². The zero-order valence-corrected chi connectivity index (χ0v) is 23.4. The molecule has 4 rings (SSSR count). The Morgan fingerprint density at radius 1 is 0.951 bits per heavy atom. The third-order valence-electron chi connectivity index (χ3n) is 7.15. The highest BCUT2D eigenvalue weighted by Crippen LogP contribution is 2.46. The van der Waals surface area contributed by atoms with Gasteiger partial charge in [-0.25, -0.2) is 4.79 Å². The summed E-state index contributed by atoms with van der Waals surface area (Å²) in [5.41, 5.74) is 1.78. The number of fused-ring (bicyclic) bond motifs is 1. The van der Waals surface area contributed by atoms with Crippen LogP contribution < -0.4 is 14.4 Å². The Bertz CT molecular complexity index is 1360. The summed E-state index contributed by atoms with van der Waals surface area (Å²) in [6.07, 6.45) is -4.68. The number of nitrogens with zero attached hydrogens (tertiary/aromatic N) is 2. The molecule has 3 aromatic rings. The molecule has 1 aliphatic rings. The maximum absolute atomic E-state index is 14.0. The minimum Gasteiger partial charge on any atom is -0.493 e. The van der Waals surface area contributed by atoms with Gasteiger partial charge in [-0.1, -0.05) is 42.5 Å². The molecule has 1 heterocycles. The number of carbonyl (C=O) groups excluding carboxylic acids is 2. The van der Waals surface area contributed by atoms with E-state index >= 15 is 0 Å². The minimum absolute atomic E-state index is 0.0972. The Hall–Kier alpha value is -4.21. The van der Waals surface area contributed by atoms with Crippen LogP contribution in [-0.2, 0) is 28.7 Å². The summed E-state index contributed by atoms with van der Waals surface area (Å²) in [5, 5.41) is 0. The molecule has 2 atom stereocenters. The van der Waals surface area contributed by atoms with Crippen molar-refractivity contribution in [1.82, 2.24) is 4.90 Å². The first-order valence-electron chi connectivity index (χ1n) is 13.3. The third-order valence-corrected chi connectivity index (χ3v) is 7.15. The summed E-state index contributed by atoms with van der Waals surface area (Å²) in [4.78, 5) is 30.3. The fourth-order valence-corrected chi connectivity index (χ4v) is 5.16. The highest BCUT2D eigenvalue weighted by molar-refractivity contribution is 5.91. The van der Waals surface area contributed by atoms with Gasteiger partial charge in [0.15, 0.2) is 11.5 Å². The average molecular weight is 571 g/mol. The SMILES string of the molecule is CCOC(=O)N1c2cc(OC)c(OC)cc2[C@H](N(Cc2ccccc2)C(=O)Cc2ccc(C(F)(F)F)cc2)C[C@@H]1C. The fourth-order valence-electron chi connectivity index (χ4n) is 5.16. The molecule has 41 heavy (non-hydrogen) atoms. The average Bonchev–Trinajstić information content (AvgIpc) is 2.95. The Morgan fingerprint density at radius 2 is 1.59 bits per heavy atom. The number of anilines is 1. The Kier molecular flexibility index (Phi) is 9.10. The van der Waals surface area contributed by atoms with Crippen LogP contribution >= 0.6 is 0 Å². The van der Waals surface area contributed by atoms with Crippen LogP contribution in [0.4, 0.5) is 23.7 Å². The smallest absolute Gasteiger partial charge is 0.416 e. The number of benzene rings is 3. The summed E-state index contributed by atoms with van der Waals surface area (Å²) < 4.78 is 55.7. The van der Waals surface area contributed by atoms with Gasteiger partial charge in [-0.2, -0.15) is 13.2 Å². The topological polar surface area (TPSA) is 68.3 Å². The van der Waals surface area contributed by atoms with Crippen LogP contribution in [0.25, 0.3) is 0 Å². The van der Waals surface area contributed by atoms with Crippen molar-refractivity contribution in [2.45, 2.75) is 51.5 Å². The van der Waals surface area contributed by atoms with Gasteiger partial charge in [0.1, 0.15) is 0 Å². The van der Waals surface area contributed by atoms with Crippen LogP contribution in [0, 0.1) is 0 Å². The second kappa shape index (κ2) is 12.5. The van der Waals surface area contributed by atoms with E-state index in [1.807, 2.05) is 37.3 Å². The lowest BCUT2D eigenvalue weighted by molar-refractivity contribution is -0.137. The molecule has 10 heteroatoms. The first-order valence-corrected chi connectivity index (χ1v) is 13.3. The number of methoxy groups -OCH3 is 2. The monoisotopic (exact) mass is 570 g/mol. The molecular weight excluding hydrogens is 537 g/mol. The van der Waals surface area contributed by atoms with Gasteiger partial charge in [-0.3, -0.25) is 9.69 Å². The maximum Gasteiger partial charge on any atom is 0.416 e. The zero-order valence-electron chi connectivity index (χ0n) is 23.4. The molecule has 0 fully saturated rings. The lowest BCUT2D eigenvalue weighted by Gasteiger charge is -2.43. The molecule has 0 aromatic heterocycles. The van der Waals surface area contributed by atoms with Gasteiger partial charge in [-0.15, -0.1) is 0 Å². The van der Waals surface area contributed by atoms with Gasteiger partial charge in [-0.05, 0) is 49.6 Å². The second-order valence-corrected chi connectivity index (χ2v) is 9.81. The van der Waals surface area contributed by atoms with Crippen molar-refractivity contribution in [3.05, 3.63) is 89.0 Å². The lowest BCUT2D eigenvalue weighted by Crippen LogP contribution is -2.48. The van der Waals surface area contributed by atoms with Gasteiger partial charge < -0.3 is 19.1 Å². The molecule has 7 nitrogen and oxygen atoms in total. The van der Waals surface area contributed by atoms with Crippen molar-refractivity contribution >= 4 is 17.7 Å². The first-order chi connectivity index (χ1) is 19.6. The summed E-state index contributed by atoms with van der Waals surface area (Å²) in [7, 11) is 3.00. The van der Waals surface area contributed by atoms with Gasteiger partial charge in [0, 0.05) is 24.2 Å². The minimum atomic E-state index is -4.46. The van der Waals surface area contributed by atoms with Crippen LogP contribution in [0.15, 0.2) is 66.7 Å². The van der Waals surface area contributed by atoms with Crippen LogP contribution in [0.2, 0.25) is 0 Å². The van der Waals surface area contributed by atoms with E-state index in [9.17, 15) is 22.8 Å². The summed E-state index contributed by atoms with van der Waals surface area (Å²) in [5.74, 6) is 0.583. The number of alkyl halides is 3. The molecule has 0 saturated heterocycles. The van der Waals surface area contributed by atoms with Crippen LogP contribution in [0.1, 0.15) is 48.6 Å². The van der Waals surface area contributed by atoms with Crippen molar-refractivity contribution in [1.29, 1.82) is 0 Å². The van der Waals surface area contributed by atoms with E-state index in [0.29, 0.717) is 34.7 Å². The number of amides is 2. The predicted octanol–water partition coefficient (Wildman–Crippen LogP) is 6.79. The largest absolute Gasteiger partial charge is 0.493 e. The van der Waals surface area contributed by atoms with E-state index in [0.717, 1.165) is 17.7 Å². The second-order valence-electron chi connectivity index (χ2n) is 9.81. The number of hydrogen-bond acceptors (Lipinski definition) is 5. The summed E-state index contributed by atoms with van der Waals surface area (Å²) in [6.45, 7) is 4.06. The molecule has 3 aromatic carbocycles. The van der Waals surface area contributed by atoms with Crippen molar-refractivity contribution in [3.8, 4) is 11.5 Å². The number of carbonyl (C=O) groups is 2. The molecule has 2 amide bonds. The van der Waals surface area contributed by atoms with E-state index in [2.05, 4.69) is 0 Å². The van der Waals surface area contributed by atoms with Crippen molar-refractivity contribution in [2.24, 2.45) is 0 Å². The molecule has 0 saturated carbocycles. The van der Waals surface area contributed by atoms with E-state index in [-0.39, 0.29) is 31.5 Å². The van der Waals surface area contributed by atoms with Crippen molar-refractivity contribution in [3.63, 3.8) is 0 Å². The van der Waals surface area contributed by atoms with Crippen molar-refractivity contribution in [2.75, 3.05) is 25.7 Å². The fraction of sp³-hybridized carbons (Fsp3) is 0.355. The molecule has 0 bridgehead atoms. The predicted molar refractivity (Wildman–Crippen MR) is 148 cm³/mol. The highest BCUT2D eigenvalue weighted by Gasteiger charge is 2.40. The van der Waals surface area contributed by atoms with Crippen LogP contribution in [0.5, 0.6) is 11.5 Å². The Labute approximate surface area is 237 Å². The van der Waals surface area contributed by atoms with Gasteiger partial charge in [0.25, 0.3) is 0 Å². The summed E-state index contributed by atoms with van der Waals surface area (Å²) >= 11 is 0. The third kappa shape index (κ3) is 6.58. The summed E-state index contributed by atoms with van der Waals surface area (Å²) in [6, 6.07) is 16.7. The lowest BCUT2D eigenvalue weighted by atomic mass is 9.89. The van der Waals surface area contributed by atoms with Gasteiger partial charge >= 0.3 is 12.3 Å².